The van der Waals surface area contributed by atoms with Crippen LogP contribution >= 0.6 is 0 Å². The van der Waals surface area contributed by atoms with Gasteiger partial charge in [0.1, 0.15) is 18.1 Å². The van der Waals surface area contributed by atoms with Gasteiger partial charge in [0.2, 0.25) is 10.0 Å². The number of fused-ring (bicyclic) bond motifs is 1. The maximum Gasteiger partial charge on any atom is 0.243 e. The van der Waals surface area contributed by atoms with Crippen molar-refractivity contribution in [1.29, 1.82) is 0 Å². The highest BCUT2D eigenvalue weighted by atomic mass is 32.2. The van der Waals surface area contributed by atoms with Crippen LogP contribution in [-0.4, -0.2) is 50.4 Å². The lowest BCUT2D eigenvalue weighted by molar-refractivity contribution is 0.183. The van der Waals surface area contributed by atoms with Crippen LogP contribution in [-0.2, 0) is 23.0 Å². The van der Waals surface area contributed by atoms with Gasteiger partial charge in [-0.25, -0.2) is 8.42 Å². The van der Waals surface area contributed by atoms with Crippen LogP contribution < -0.4 is 4.74 Å². The zero-order valence-electron chi connectivity index (χ0n) is 18.8. The number of furan rings is 1. The van der Waals surface area contributed by atoms with E-state index in [4.69, 9.17) is 9.15 Å². The molecule has 7 heteroatoms. The van der Waals surface area contributed by atoms with Gasteiger partial charge in [-0.05, 0) is 79.4 Å². The number of piperidine rings is 1. The second-order valence-corrected chi connectivity index (χ2v) is 10.7. The molecule has 6 nitrogen and oxygen atoms in total. The third kappa shape index (κ3) is 5.00. The Labute approximate surface area is 195 Å². The van der Waals surface area contributed by atoms with Crippen molar-refractivity contribution in [2.45, 2.75) is 37.1 Å². The fourth-order valence-corrected chi connectivity index (χ4v) is 6.00. The summed E-state index contributed by atoms with van der Waals surface area (Å²) < 4.78 is 39.0. The van der Waals surface area contributed by atoms with Crippen molar-refractivity contribution < 1.29 is 17.6 Å². The number of ether oxygens (including phenoxy) is 1. The Bertz CT molecular complexity index is 1160. The van der Waals surface area contributed by atoms with Crippen molar-refractivity contribution in [2.75, 3.05) is 32.8 Å². The van der Waals surface area contributed by atoms with E-state index in [0.717, 1.165) is 34.7 Å². The first kappa shape index (κ1) is 22.2. The van der Waals surface area contributed by atoms with E-state index in [1.807, 2.05) is 42.5 Å². The average Bonchev–Trinajstić information content (AvgIpc) is 3.33. The average molecular weight is 467 g/mol. The minimum atomic E-state index is -3.56. The normalized spacial score (nSPS) is 17.6. The molecule has 0 unspecified atom stereocenters. The summed E-state index contributed by atoms with van der Waals surface area (Å²) in [6, 6.07) is 17.0. The van der Waals surface area contributed by atoms with Gasteiger partial charge in [0.25, 0.3) is 0 Å². The molecule has 0 aliphatic carbocycles. The van der Waals surface area contributed by atoms with Crippen molar-refractivity contribution in [3.63, 3.8) is 0 Å². The van der Waals surface area contributed by atoms with Gasteiger partial charge in [0.05, 0.1) is 17.7 Å². The van der Waals surface area contributed by atoms with Crippen LogP contribution in [0.5, 0.6) is 5.75 Å². The lowest BCUT2D eigenvalue weighted by Crippen LogP contribution is -2.35. The molecule has 0 spiro atoms. The van der Waals surface area contributed by atoms with Gasteiger partial charge in [-0.3, -0.25) is 4.90 Å². The van der Waals surface area contributed by atoms with Crippen molar-refractivity contribution in [2.24, 2.45) is 0 Å². The van der Waals surface area contributed by atoms with Crippen LogP contribution in [0, 0.1) is 0 Å². The van der Waals surface area contributed by atoms with E-state index in [-0.39, 0.29) is 6.54 Å². The highest BCUT2D eigenvalue weighted by Crippen LogP contribution is 2.28. The van der Waals surface area contributed by atoms with Crippen molar-refractivity contribution >= 4 is 10.0 Å². The predicted octanol–water partition coefficient (Wildman–Crippen LogP) is 4.56. The fourth-order valence-electron chi connectivity index (χ4n) is 4.61. The van der Waals surface area contributed by atoms with Crippen molar-refractivity contribution in [3.05, 3.63) is 72.2 Å². The number of sulfonamides is 1. The number of benzene rings is 2. The van der Waals surface area contributed by atoms with Gasteiger partial charge in [0.15, 0.2) is 0 Å². The maximum atomic E-state index is 13.1. The van der Waals surface area contributed by atoms with Crippen LogP contribution in [0.3, 0.4) is 0 Å². The summed E-state index contributed by atoms with van der Waals surface area (Å²) in [5, 5.41) is 0. The Morgan fingerprint density at radius 2 is 1.55 bits per heavy atom. The Hall–Kier alpha value is -2.61. The summed E-state index contributed by atoms with van der Waals surface area (Å²) >= 11 is 0. The van der Waals surface area contributed by atoms with E-state index in [2.05, 4.69) is 4.90 Å². The van der Waals surface area contributed by atoms with Gasteiger partial charge in [-0.15, -0.1) is 0 Å². The first-order chi connectivity index (χ1) is 16.1. The van der Waals surface area contributed by atoms with Crippen molar-refractivity contribution in [3.8, 4) is 16.9 Å². The molecule has 1 aromatic heterocycles. The topological polar surface area (TPSA) is 63.0 Å². The first-order valence-corrected chi connectivity index (χ1v) is 13.1. The minimum Gasteiger partial charge on any atom is -0.492 e. The number of nitrogens with zero attached hydrogens (tertiary/aromatic N) is 2. The van der Waals surface area contributed by atoms with Crippen LogP contribution in [0.1, 0.15) is 30.6 Å². The second-order valence-electron chi connectivity index (χ2n) is 8.76. The Morgan fingerprint density at radius 1 is 0.848 bits per heavy atom. The Morgan fingerprint density at radius 3 is 2.27 bits per heavy atom. The molecule has 0 saturated carbocycles. The molecule has 0 N–H and O–H groups in total. The van der Waals surface area contributed by atoms with E-state index >= 15 is 0 Å². The molecule has 174 valence electrons. The van der Waals surface area contributed by atoms with Crippen LogP contribution in [0.4, 0.5) is 0 Å². The number of likely N-dealkylation sites (tertiary alicyclic amines) is 1. The van der Waals surface area contributed by atoms with E-state index in [0.29, 0.717) is 24.5 Å². The third-order valence-corrected chi connectivity index (χ3v) is 8.45. The molecule has 2 aliphatic rings. The predicted molar refractivity (Wildman–Crippen MR) is 128 cm³/mol. The maximum absolute atomic E-state index is 13.1. The number of hydrogen-bond donors (Lipinski definition) is 0. The Kier molecular flexibility index (Phi) is 6.53. The fraction of sp³-hybridized carbons (Fsp3) is 0.385. The Balaban J connectivity index is 1.20. The molecule has 33 heavy (non-hydrogen) atoms. The molecule has 0 amide bonds. The van der Waals surface area contributed by atoms with E-state index in [9.17, 15) is 8.42 Å². The van der Waals surface area contributed by atoms with Gasteiger partial charge in [-0.2, -0.15) is 4.31 Å². The molecule has 5 rings (SSSR count). The highest BCUT2D eigenvalue weighted by molar-refractivity contribution is 7.89. The molecule has 2 aromatic carbocycles. The molecule has 1 saturated heterocycles. The van der Waals surface area contributed by atoms with E-state index in [1.54, 1.807) is 18.4 Å². The number of hydrogen-bond acceptors (Lipinski definition) is 5. The molecule has 3 aromatic rings. The monoisotopic (exact) mass is 466 g/mol. The summed E-state index contributed by atoms with van der Waals surface area (Å²) in [6.45, 7) is 4.77. The lowest BCUT2D eigenvalue weighted by Gasteiger charge is -2.26. The summed E-state index contributed by atoms with van der Waals surface area (Å²) in [4.78, 5) is 2.77. The van der Waals surface area contributed by atoms with Crippen LogP contribution in [0.2, 0.25) is 0 Å². The second kappa shape index (κ2) is 9.71. The molecule has 0 bridgehead atoms. The van der Waals surface area contributed by atoms with E-state index in [1.165, 1.54) is 36.7 Å². The molecule has 0 radical (unpaired) electrons. The van der Waals surface area contributed by atoms with Crippen LogP contribution in [0.15, 0.2) is 70.2 Å². The standard InChI is InChI=1S/C26H30N2O4S/c29-33(30,28-16-12-23-13-18-32-26(23)20-28)25-10-6-22(7-11-25)21-4-8-24(9-5-21)31-19-17-27-14-2-1-3-15-27/h4-11,13,18H,1-3,12,14-17,19-20H2. The van der Waals surface area contributed by atoms with Gasteiger partial charge in [0, 0.05) is 13.1 Å². The molecular formula is C26H30N2O4S. The molecule has 3 heterocycles. The minimum absolute atomic E-state index is 0.283. The summed E-state index contributed by atoms with van der Waals surface area (Å²) in [7, 11) is -3.56. The molecular weight excluding hydrogens is 436 g/mol. The van der Waals surface area contributed by atoms with Gasteiger partial charge < -0.3 is 9.15 Å². The van der Waals surface area contributed by atoms with Gasteiger partial charge in [-0.1, -0.05) is 30.7 Å². The summed E-state index contributed by atoms with van der Waals surface area (Å²) in [5.74, 6) is 1.59. The SMILES string of the molecule is O=S(=O)(c1ccc(-c2ccc(OCCN3CCCCC3)cc2)cc1)N1CCc2ccoc2C1. The van der Waals surface area contributed by atoms with Crippen molar-refractivity contribution in [1.82, 2.24) is 9.21 Å². The lowest BCUT2D eigenvalue weighted by atomic mass is 10.1. The molecule has 1 fully saturated rings. The van der Waals surface area contributed by atoms with Gasteiger partial charge >= 0.3 is 0 Å². The smallest absolute Gasteiger partial charge is 0.243 e. The quantitative estimate of drug-likeness (QED) is 0.511. The highest BCUT2D eigenvalue weighted by Gasteiger charge is 2.29. The summed E-state index contributed by atoms with van der Waals surface area (Å²) in [5.41, 5.74) is 3.09. The first-order valence-electron chi connectivity index (χ1n) is 11.7. The number of rotatable bonds is 7. The molecule has 2 aliphatic heterocycles. The van der Waals surface area contributed by atoms with E-state index < -0.39 is 10.0 Å². The molecule has 0 atom stereocenters. The third-order valence-electron chi connectivity index (χ3n) is 6.59. The zero-order chi connectivity index (χ0) is 22.7. The zero-order valence-corrected chi connectivity index (χ0v) is 19.6. The largest absolute Gasteiger partial charge is 0.492 e. The summed E-state index contributed by atoms with van der Waals surface area (Å²) in [6.07, 6.45) is 6.22. The van der Waals surface area contributed by atoms with Crippen LogP contribution in [0.25, 0.3) is 11.1 Å².